The minimum Gasteiger partial charge on any atom is -0.494 e. The van der Waals surface area contributed by atoms with Gasteiger partial charge in [-0.25, -0.2) is 9.78 Å². The number of benzene rings is 2. The maximum Gasteiger partial charge on any atom is 0.329 e. The molecule has 1 aliphatic heterocycles. The van der Waals surface area contributed by atoms with E-state index in [4.69, 9.17) is 9.47 Å². The number of esters is 1. The van der Waals surface area contributed by atoms with Crippen molar-refractivity contribution >= 4 is 28.9 Å². The Morgan fingerprint density at radius 2 is 1.90 bits per heavy atom. The van der Waals surface area contributed by atoms with E-state index < -0.39 is 12.0 Å². The lowest BCUT2D eigenvalue weighted by Gasteiger charge is -2.23. The maximum absolute atomic E-state index is 13.5. The summed E-state index contributed by atoms with van der Waals surface area (Å²) in [4.78, 5) is 32.6. The monoisotopic (exact) mass is 422 g/mol. The van der Waals surface area contributed by atoms with Gasteiger partial charge in [0.05, 0.1) is 19.4 Å². The molecule has 0 saturated carbocycles. The number of nitrogens with zero attached hydrogens (tertiary/aromatic N) is 2. The first-order valence-corrected chi connectivity index (χ1v) is 10.5. The van der Waals surface area contributed by atoms with Crippen LogP contribution in [0, 0.1) is 6.92 Å². The van der Waals surface area contributed by atoms with E-state index in [2.05, 4.69) is 4.98 Å². The molecule has 4 rings (SSSR count). The fourth-order valence-electron chi connectivity index (χ4n) is 3.65. The van der Waals surface area contributed by atoms with Gasteiger partial charge in [-0.2, -0.15) is 0 Å². The van der Waals surface area contributed by atoms with Crippen molar-refractivity contribution in [3.63, 3.8) is 0 Å². The lowest BCUT2D eigenvalue weighted by atomic mass is 10.1. The number of aromatic nitrogens is 1. The van der Waals surface area contributed by atoms with Crippen molar-refractivity contribution in [1.82, 2.24) is 4.98 Å². The van der Waals surface area contributed by atoms with Gasteiger partial charge in [-0.1, -0.05) is 18.2 Å². The number of hydrogen-bond acceptors (Lipinski definition) is 6. The van der Waals surface area contributed by atoms with E-state index in [0.29, 0.717) is 23.6 Å². The number of ether oxygens (including phenoxy) is 2. The van der Waals surface area contributed by atoms with E-state index in [1.165, 1.54) is 18.4 Å². The Morgan fingerprint density at radius 3 is 2.60 bits per heavy atom. The van der Waals surface area contributed by atoms with Crippen LogP contribution in [0.25, 0.3) is 10.6 Å². The van der Waals surface area contributed by atoms with E-state index >= 15 is 0 Å². The third-order valence-corrected chi connectivity index (χ3v) is 6.27. The van der Waals surface area contributed by atoms with Crippen molar-refractivity contribution in [3.05, 3.63) is 64.7 Å². The molecule has 2 aromatic carbocycles. The van der Waals surface area contributed by atoms with Crippen LogP contribution >= 0.6 is 11.3 Å². The maximum atomic E-state index is 13.5. The highest BCUT2D eigenvalue weighted by Crippen LogP contribution is 2.36. The van der Waals surface area contributed by atoms with Crippen molar-refractivity contribution in [2.24, 2.45) is 0 Å². The number of thiazole rings is 1. The molecule has 2 heterocycles. The fourth-order valence-corrected chi connectivity index (χ4v) is 4.66. The molecule has 0 saturated heterocycles. The van der Waals surface area contributed by atoms with Crippen molar-refractivity contribution < 1.29 is 19.1 Å². The fraction of sp³-hybridized carbons (Fsp3) is 0.261. The van der Waals surface area contributed by atoms with Crippen molar-refractivity contribution in [1.29, 1.82) is 0 Å². The number of carbonyl (C=O) groups is 2. The molecule has 1 atom stereocenters. The van der Waals surface area contributed by atoms with Crippen molar-refractivity contribution in [2.45, 2.75) is 26.3 Å². The largest absolute Gasteiger partial charge is 0.494 e. The second-order valence-electron chi connectivity index (χ2n) is 6.94. The number of rotatable bonds is 5. The average molecular weight is 423 g/mol. The molecule has 0 fully saturated rings. The summed E-state index contributed by atoms with van der Waals surface area (Å²) in [5.74, 6) is 0.136. The van der Waals surface area contributed by atoms with Gasteiger partial charge in [0.25, 0.3) is 5.91 Å². The number of para-hydroxylation sites is 1. The van der Waals surface area contributed by atoms with Gasteiger partial charge in [0, 0.05) is 17.7 Å². The van der Waals surface area contributed by atoms with Crippen molar-refractivity contribution in [2.75, 3.05) is 18.6 Å². The summed E-state index contributed by atoms with van der Waals surface area (Å²) in [5.41, 5.74) is 3.25. The Labute approximate surface area is 179 Å². The van der Waals surface area contributed by atoms with Crippen LogP contribution in [0.3, 0.4) is 0 Å². The summed E-state index contributed by atoms with van der Waals surface area (Å²) < 4.78 is 10.4. The highest BCUT2D eigenvalue weighted by Gasteiger charge is 2.40. The smallest absolute Gasteiger partial charge is 0.329 e. The zero-order valence-electron chi connectivity index (χ0n) is 17.0. The first-order chi connectivity index (χ1) is 14.5. The summed E-state index contributed by atoms with van der Waals surface area (Å²) in [5, 5.41) is 0.751. The molecule has 6 nitrogen and oxygen atoms in total. The molecule has 3 aromatic rings. The van der Waals surface area contributed by atoms with E-state index in [-0.39, 0.29) is 5.91 Å². The number of methoxy groups -OCH3 is 1. The Morgan fingerprint density at radius 1 is 1.17 bits per heavy atom. The predicted octanol–water partition coefficient (Wildman–Crippen LogP) is 4.26. The highest BCUT2D eigenvalue weighted by molar-refractivity contribution is 7.17. The standard InChI is InChI=1S/C23H22N2O4S/c1-4-29-17-11-9-15(10-12-17)21-24-14(2)20(30-21)22(26)25-18-8-6-5-7-16(18)13-19(25)23(27)28-3/h5-12,19H,4,13H2,1-3H3. The highest BCUT2D eigenvalue weighted by atomic mass is 32.1. The molecular formula is C23H22N2O4S. The molecule has 0 bridgehead atoms. The van der Waals surface area contributed by atoms with Gasteiger partial charge in [-0.05, 0) is 49.7 Å². The SMILES string of the molecule is CCOc1ccc(-c2nc(C)c(C(=O)N3c4ccccc4CC3C(=O)OC)s2)cc1. The summed E-state index contributed by atoms with van der Waals surface area (Å²) in [7, 11) is 1.34. The van der Waals surface area contributed by atoms with E-state index in [0.717, 1.165) is 27.6 Å². The Hall–Kier alpha value is -3.19. The summed E-state index contributed by atoms with van der Waals surface area (Å²) in [6, 6.07) is 14.5. The van der Waals surface area contributed by atoms with Crippen LogP contribution in [-0.4, -0.2) is 36.6 Å². The number of aryl methyl sites for hydroxylation is 1. The quantitative estimate of drug-likeness (QED) is 0.575. The summed E-state index contributed by atoms with van der Waals surface area (Å²) in [6.45, 7) is 4.36. The van der Waals surface area contributed by atoms with E-state index in [9.17, 15) is 9.59 Å². The molecule has 154 valence electrons. The molecule has 1 aromatic heterocycles. The van der Waals surface area contributed by atoms with Gasteiger partial charge in [-0.15, -0.1) is 11.3 Å². The van der Waals surface area contributed by atoms with Gasteiger partial charge in [-0.3, -0.25) is 9.69 Å². The first kappa shape index (κ1) is 20.1. The number of carbonyl (C=O) groups excluding carboxylic acids is 2. The van der Waals surface area contributed by atoms with Gasteiger partial charge in [0.1, 0.15) is 21.7 Å². The first-order valence-electron chi connectivity index (χ1n) is 9.73. The lowest BCUT2D eigenvalue weighted by Crippen LogP contribution is -2.43. The average Bonchev–Trinajstić information content (AvgIpc) is 3.34. The zero-order chi connectivity index (χ0) is 21.3. The Kier molecular flexibility index (Phi) is 5.55. The molecular weight excluding hydrogens is 400 g/mol. The Bertz CT molecular complexity index is 1090. The van der Waals surface area contributed by atoms with E-state index in [1.807, 2.05) is 62.4 Å². The minimum absolute atomic E-state index is 0.234. The lowest BCUT2D eigenvalue weighted by molar-refractivity contribution is -0.141. The molecule has 0 aliphatic carbocycles. The zero-order valence-corrected chi connectivity index (χ0v) is 17.9. The van der Waals surface area contributed by atoms with Crippen LogP contribution in [0.1, 0.15) is 27.9 Å². The second-order valence-corrected chi connectivity index (χ2v) is 7.94. The number of fused-ring (bicyclic) bond motifs is 1. The van der Waals surface area contributed by atoms with Gasteiger partial charge in [0.2, 0.25) is 0 Å². The molecule has 30 heavy (non-hydrogen) atoms. The molecule has 1 amide bonds. The third kappa shape index (κ3) is 3.57. The normalized spacial score (nSPS) is 15.0. The topological polar surface area (TPSA) is 68.7 Å². The molecule has 0 radical (unpaired) electrons. The van der Waals surface area contributed by atoms with Gasteiger partial charge in [0.15, 0.2) is 0 Å². The second kappa shape index (κ2) is 8.28. The third-order valence-electron chi connectivity index (χ3n) is 5.07. The van der Waals surface area contributed by atoms with Gasteiger partial charge < -0.3 is 9.47 Å². The molecule has 0 N–H and O–H groups in total. The van der Waals surface area contributed by atoms with Crippen LogP contribution in [0.4, 0.5) is 5.69 Å². The number of hydrogen-bond donors (Lipinski definition) is 0. The van der Waals surface area contributed by atoms with Crippen LogP contribution in [-0.2, 0) is 16.0 Å². The molecule has 0 spiro atoms. The van der Waals surface area contributed by atoms with Gasteiger partial charge >= 0.3 is 5.97 Å². The van der Waals surface area contributed by atoms with Crippen LogP contribution in [0.2, 0.25) is 0 Å². The molecule has 1 unspecified atom stereocenters. The summed E-state index contributed by atoms with van der Waals surface area (Å²) in [6.07, 6.45) is 0.443. The van der Waals surface area contributed by atoms with Crippen LogP contribution in [0.15, 0.2) is 48.5 Å². The van der Waals surface area contributed by atoms with E-state index in [1.54, 1.807) is 4.90 Å². The number of anilines is 1. The van der Waals surface area contributed by atoms with Crippen molar-refractivity contribution in [3.8, 4) is 16.3 Å². The van der Waals surface area contributed by atoms with Crippen LogP contribution < -0.4 is 9.64 Å². The predicted molar refractivity (Wildman–Crippen MR) is 116 cm³/mol. The molecule has 7 heteroatoms. The number of amides is 1. The molecule has 1 aliphatic rings. The summed E-state index contributed by atoms with van der Waals surface area (Å²) >= 11 is 1.33. The Balaban J connectivity index is 1.68. The minimum atomic E-state index is -0.671. The van der Waals surface area contributed by atoms with Crippen LogP contribution in [0.5, 0.6) is 5.75 Å².